The van der Waals surface area contributed by atoms with Crippen LogP contribution >= 0.6 is 0 Å². The maximum Gasteiger partial charge on any atom is 0.335 e. The summed E-state index contributed by atoms with van der Waals surface area (Å²) in [5.41, 5.74) is 0.460. The van der Waals surface area contributed by atoms with Crippen LogP contribution in [0.4, 0.5) is 0 Å². The van der Waals surface area contributed by atoms with Crippen LogP contribution in [0.15, 0.2) is 78.9 Å². The van der Waals surface area contributed by atoms with Gasteiger partial charge in [-0.05, 0) is 54.6 Å². The van der Waals surface area contributed by atoms with Gasteiger partial charge in [0.05, 0.1) is 27.8 Å². The number of rotatable bonds is 5. The van der Waals surface area contributed by atoms with Gasteiger partial charge >= 0.3 is 29.8 Å². The van der Waals surface area contributed by atoms with Gasteiger partial charge in [0, 0.05) is 0 Å². The summed E-state index contributed by atoms with van der Waals surface area (Å²) in [6.45, 7) is 0. The van der Waals surface area contributed by atoms with Gasteiger partial charge in [0.1, 0.15) is 0 Å². The summed E-state index contributed by atoms with van der Waals surface area (Å²) in [5, 5.41) is 42.3. The van der Waals surface area contributed by atoms with E-state index in [-0.39, 0.29) is 22.3 Å². The van der Waals surface area contributed by atoms with Gasteiger partial charge in [0.2, 0.25) is 0 Å². The molecular weight excluding hydrogens is 436 g/mol. The van der Waals surface area contributed by atoms with Crippen molar-refractivity contribution in [2.45, 2.75) is 0 Å². The van der Waals surface area contributed by atoms with Crippen molar-refractivity contribution in [1.82, 2.24) is 0 Å². The fraction of sp³-hybridized carbons (Fsp3) is 0. The number of carboxylic acid groups (broad SMARTS) is 5. The Morgan fingerprint density at radius 1 is 0.364 bits per heavy atom. The van der Waals surface area contributed by atoms with Crippen LogP contribution in [0.5, 0.6) is 0 Å². The first-order valence-corrected chi connectivity index (χ1v) is 8.94. The molecule has 0 unspecified atom stereocenters. The molecule has 0 atom stereocenters. The molecule has 0 bridgehead atoms. The molecule has 0 saturated heterocycles. The molecular formula is C23H18O10. The molecule has 0 aliphatic rings. The van der Waals surface area contributed by atoms with Crippen molar-refractivity contribution >= 4 is 29.8 Å². The maximum atomic E-state index is 10.4. The van der Waals surface area contributed by atoms with Crippen LogP contribution in [0.2, 0.25) is 0 Å². The second-order valence-corrected chi connectivity index (χ2v) is 6.05. The lowest BCUT2D eigenvalue weighted by Crippen LogP contribution is -2.01. The average molecular weight is 454 g/mol. The highest BCUT2D eigenvalue weighted by Gasteiger charge is 2.07. The van der Waals surface area contributed by atoms with Crippen LogP contribution in [0.3, 0.4) is 0 Å². The van der Waals surface area contributed by atoms with Crippen LogP contribution < -0.4 is 0 Å². The van der Waals surface area contributed by atoms with Crippen LogP contribution in [-0.2, 0) is 0 Å². The quantitative estimate of drug-likeness (QED) is 0.381. The highest BCUT2D eigenvalue weighted by atomic mass is 16.4. The van der Waals surface area contributed by atoms with Gasteiger partial charge < -0.3 is 25.5 Å². The first-order valence-electron chi connectivity index (χ1n) is 8.94. The van der Waals surface area contributed by atoms with Crippen molar-refractivity contribution in [3.05, 3.63) is 107 Å². The largest absolute Gasteiger partial charge is 0.478 e. The summed E-state index contributed by atoms with van der Waals surface area (Å²) in [4.78, 5) is 51.6. The Labute approximate surface area is 186 Å². The predicted molar refractivity (Wildman–Crippen MR) is 114 cm³/mol. The molecule has 170 valence electrons. The van der Waals surface area contributed by atoms with Crippen LogP contribution in [0, 0.1) is 0 Å². The van der Waals surface area contributed by atoms with Gasteiger partial charge in [-0.3, -0.25) is 0 Å². The zero-order valence-electron chi connectivity index (χ0n) is 16.8. The zero-order chi connectivity index (χ0) is 25.0. The molecule has 0 spiro atoms. The lowest BCUT2D eigenvalue weighted by Gasteiger charge is -1.95. The van der Waals surface area contributed by atoms with Crippen molar-refractivity contribution in [3.63, 3.8) is 0 Å². The molecule has 5 N–H and O–H groups in total. The van der Waals surface area contributed by atoms with Gasteiger partial charge in [0.25, 0.3) is 0 Å². The number of hydrogen-bond acceptors (Lipinski definition) is 5. The fourth-order valence-electron chi connectivity index (χ4n) is 2.12. The van der Waals surface area contributed by atoms with Crippen molar-refractivity contribution in [2.75, 3.05) is 0 Å². The monoisotopic (exact) mass is 454 g/mol. The summed E-state index contributed by atoms with van der Waals surface area (Å²) >= 11 is 0. The molecule has 10 nitrogen and oxygen atoms in total. The Morgan fingerprint density at radius 3 is 0.909 bits per heavy atom. The Morgan fingerprint density at radius 2 is 0.636 bits per heavy atom. The topological polar surface area (TPSA) is 186 Å². The second kappa shape index (κ2) is 12.6. The second-order valence-electron chi connectivity index (χ2n) is 6.05. The van der Waals surface area contributed by atoms with Gasteiger partial charge in [0.15, 0.2) is 0 Å². The smallest absolute Gasteiger partial charge is 0.335 e. The lowest BCUT2D eigenvalue weighted by molar-refractivity contribution is 0.0680. The van der Waals surface area contributed by atoms with E-state index in [9.17, 15) is 24.0 Å². The highest BCUT2D eigenvalue weighted by Crippen LogP contribution is 2.05. The molecule has 3 rings (SSSR count). The van der Waals surface area contributed by atoms with E-state index in [1.54, 1.807) is 30.3 Å². The summed E-state index contributed by atoms with van der Waals surface area (Å²) < 4.78 is 0. The van der Waals surface area contributed by atoms with E-state index >= 15 is 0 Å². The van der Waals surface area contributed by atoms with Gasteiger partial charge in [-0.25, -0.2) is 24.0 Å². The third kappa shape index (κ3) is 9.13. The third-order valence-corrected chi connectivity index (χ3v) is 3.76. The fourth-order valence-corrected chi connectivity index (χ4v) is 2.12. The van der Waals surface area contributed by atoms with Crippen LogP contribution in [0.25, 0.3) is 0 Å². The van der Waals surface area contributed by atoms with Gasteiger partial charge in [-0.2, -0.15) is 0 Å². The summed E-state index contributed by atoms with van der Waals surface area (Å²) in [6, 6.07) is 18.5. The van der Waals surface area contributed by atoms with Gasteiger partial charge in [-0.1, -0.05) is 24.3 Å². The summed E-state index contributed by atoms with van der Waals surface area (Å²) in [5.74, 6) is -5.26. The number of aromatic carboxylic acids is 5. The minimum absolute atomic E-state index is 0.0186. The molecule has 0 amide bonds. The van der Waals surface area contributed by atoms with Crippen molar-refractivity contribution in [2.24, 2.45) is 0 Å². The van der Waals surface area contributed by atoms with Crippen LogP contribution in [0.1, 0.15) is 51.8 Å². The maximum absolute atomic E-state index is 10.4. The third-order valence-electron chi connectivity index (χ3n) is 3.76. The average Bonchev–Trinajstić information content (AvgIpc) is 2.80. The summed E-state index contributed by atoms with van der Waals surface area (Å²) in [7, 11) is 0. The van der Waals surface area contributed by atoms with Gasteiger partial charge in [-0.15, -0.1) is 0 Å². The SMILES string of the molecule is O=C(O)c1ccc(C(=O)O)cc1.O=C(O)c1cccc(C(=O)O)c1.O=C(O)c1ccccc1. The Hall–Kier alpha value is -4.99. The lowest BCUT2D eigenvalue weighted by atomic mass is 10.1. The van der Waals surface area contributed by atoms with Crippen LogP contribution in [-0.4, -0.2) is 55.4 Å². The molecule has 0 aromatic heterocycles. The summed E-state index contributed by atoms with van der Waals surface area (Å²) in [6.07, 6.45) is 0. The molecule has 10 heteroatoms. The Balaban J connectivity index is 0.000000250. The normalized spacial score (nSPS) is 9.21. The van der Waals surface area contributed by atoms with E-state index in [1.807, 2.05) is 0 Å². The minimum atomic E-state index is -1.13. The first-order chi connectivity index (χ1) is 15.5. The van der Waals surface area contributed by atoms with E-state index in [2.05, 4.69) is 0 Å². The minimum Gasteiger partial charge on any atom is -0.478 e. The molecule has 3 aromatic rings. The number of carbonyl (C=O) groups is 5. The van der Waals surface area contributed by atoms with Crippen molar-refractivity contribution in [3.8, 4) is 0 Å². The molecule has 3 aromatic carbocycles. The Kier molecular flexibility index (Phi) is 9.98. The van der Waals surface area contributed by atoms with E-state index in [0.717, 1.165) is 6.07 Å². The van der Waals surface area contributed by atoms with E-state index in [4.69, 9.17) is 25.5 Å². The number of hydrogen-bond donors (Lipinski definition) is 5. The highest BCUT2D eigenvalue weighted by molar-refractivity contribution is 5.93. The molecule has 0 radical (unpaired) electrons. The predicted octanol–water partition coefficient (Wildman–Crippen LogP) is 3.55. The Bertz CT molecular complexity index is 1070. The molecule has 0 fully saturated rings. The van der Waals surface area contributed by atoms with E-state index < -0.39 is 29.8 Å². The number of benzene rings is 3. The molecule has 33 heavy (non-hydrogen) atoms. The molecule has 0 heterocycles. The van der Waals surface area contributed by atoms with E-state index in [0.29, 0.717) is 5.56 Å². The zero-order valence-corrected chi connectivity index (χ0v) is 16.8. The van der Waals surface area contributed by atoms with E-state index in [1.165, 1.54) is 42.5 Å². The standard InChI is InChI=1S/2C8H6O4.C7H6O2/c9-7(10)5-1-2-6(4-3-5)8(11)12;9-7(10)5-2-1-3-6(4-5)8(11)12;8-7(9)6-4-2-1-3-5-6/h2*1-4H,(H,9,10)(H,11,12);1-5H,(H,8,9). The molecule has 0 aliphatic heterocycles. The molecule has 0 aliphatic carbocycles. The van der Waals surface area contributed by atoms with Crippen molar-refractivity contribution in [1.29, 1.82) is 0 Å². The molecule has 0 saturated carbocycles. The van der Waals surface area contributed by atoms with Crippen molar-refractivity contribution < 1.29 is 49.5 Å². The first kappa shape index (κ1) is 26.0. The number of carboxylic acids is 5.